The Morgan fingerprint density at radius 2 is 1.63 bits per heavy atom. The zero-order valence-corrected chi connectivity index (χ0v) is 37.7. The fraction of sp³-hybridized carbons (Fsp3) is 0.787. The van der Waals surface area contributed by atoms with Gasteiger partial charge in [0.05, 0.1) is 30.5 Å². The van der Waals surface area contributed by atoms with E-state index >= 15 is 0 Å². The van der Waals surface area contributed by atoms with E-state index in [4.69, 9.17) is 23.7 Å². The maximum absolute atomic E-state index is 14.5. The summed E-state index contributed by atoms with van der Waals surface area (Å²) in [5.41, 5.74) is 1.19. The van der Waals surface area contributed by atoms with Gasteiger partial charge in [-0.1, -0.05) is 51.5 Å². The van der Waals surface area contributed by atoms with Crippen LogP contribution in [0.25, 0.3) is 0 Å². The minimum absolute atomic E-state index is 0.0265. The molecule has 2 saturated heterocycles. The lowest BCUT2D eigenvalue weighted by Gasteiger charge is -2.47. The van der Waals surface area contributed by atoms with Gasteiger partial charge in [0, 0.05) is 52.0 Å². The molecule has 0 spiro atoms. The van der Waals surface area contributed by atoms with Crippen LogP contribution < -0.4 is 0 Å². The molecule has 1 aliphatic carbocycles. The second kappa shape index (κ2) is 22.0. The van der Waals surface area contributed by atoms with E-state index in [1.165, 1.54) is 19.1 Å². The number of hydrogen-bond acceptors (Lipinski definition) is 12. The number of rotatable bonds is 9. The van der Waals surface area contributed by atoms with Crippen molar-refractivity contribution < 1.29 is 58.2 Å². The van der Waals surface area contributed by atoms with E-state index in [1.807, 2.05) is 32.9 Å². The predicted octanol–water partition coefficient (Wildman–Crippen LogP) is 5.81. The molecule has 0 aromatic heterocycles. The van der Waals surface area contributed by atoms with Crippen molar-refractivity contribution in [2.75, 3.05) is 27.9 Å². The molecule has 2 bridgehead atoms. The molecule has 4 rings (SSSR count). The van der Waals surface area contributed by atoms with E-state index in [2.05, 4.69) is 19.6 Å². The maximum atomic E-state index is 14.5. The molecule has 4 aliphatic rings. The van der Waals surface area contributed by atoms with Crippen LogP contribution in [0.1, 0.15) is 125 Å². The number of methoxy groups -OCH3 is 3. The second-order valence-electron chi connectivity index (χ2n) is 18.5. The zero-order chi connectivity index (χ0) is 44.5. The van der Waals surface area contributed by atoms with Crippen molar-refractivity contribution in [3.63, 3.8) is 0 Å². The van der Waals surface area contributed by atoms with Crippen LogP contribution in [0.4, 0.5) is 0 Å². The lowest BCUT2D eigenvalue weighted by atomic mass is 9.67. The van der Waals surface area contributed by atoms with Gasteiger partial charge in [-0.15, -0.1) is 6.58 Å². The first-order valence-electron chi connectivity index (χ1n) is 22.3. The van der Waals surface area contributed by atoms with Crippen LogP contribution in [0.5, 0.6) is 0 Å². The van der Waals surface area contributed by atoms with Crippen molar-refractivity contribution in [2.45, 2.75) is 180 Å². The molecule has 1 amide bonds. The van der Waals surface area contributed by atoms with Crippen LogP contribution in [0.2, 0.25) is 0 Å². The highest BCUT2D eigenvalue weighted by Gasteiger charge is 2.56. The topological polar surface area (TPSA) is 178 Å². The van der Waals surface area contributed by atoms with E-state index in [-0.39, 0.29) is 37.5 Å². The average Bonchev–Trinajstić information content (AvgIpc) is 3.23. The van der Waals surface area contributed by atoms with Gasteiger partial charge in [0.25, 0.3) is 11.7 Å². The molecule has 0 aromatic rings. The summed E-state index contributed by atoms with van der Waals surface area (Å²) in [6.45, 7) is 15.2. The highest BCUT2D eigenvalue weighted by Crippen LogP contribution is 2.45. The highest BCUT2D eigenvalue weighted by atomic mass is 16.7. The number of carbonyl (C=O) groups is 4. The smallest absolute Gasteiger partial charge is 0.329 e. The molecule has 340 valence electrons. The Labute approximate surface area is 358 Å². The van der Waals surface area contributed by atoms with Gasteiger partial charge < -0.3 is 43.9 Å². The fourth-order valence-electron chi connectivity index (χ4n) is 10.3. The minimum atomic E-state index is -2.51. The van der Waals surface area contributed by atoms with Gasteiger partial charge in [-0.05, 0) is 108 Å². The molecule has 13 heteroatoms. The average molecular weight is 846 g/mol. The van der Waals surface area contributed by atoms with Crippen molar-refractivity contribution in [2.24, 2.45) is 29.1 Å². The largest absolute Gasteiger partial charge is 0.456 e. The van der Waals surface area contributed by atoms with Gasteiger partial charge in [-0.25, -0.2) is 4.79 Å². The molecule has 60 heavy (non-hydrogen) atoms. The maximum Gasteiger partial charge on any atom is 0.329 e. The predicted molar refractivity (Wildman–Crippen MR) is 226 cm³/mol. The van der Waals surface area contributed by atoms with Crippen molar-refractivity contribution in [3.05, 3.63) is 36.0 Å². The number of hydrogen-bond donors (Lipinski definition) is 3. The highest BCUT2D eigenvalue weighted by molar-refractivity contribution is 6.39. The first-order chi connectivity index (χ1) is 28.4. The number of allylic oxidation sites excluding steroid dienone is 4. The summed E-state index contributed by atoms with van der Waals surface area (Å²) < 4.78 is 30.1. The SMILES string of the molecule is C=CCCC1(C=C(C)C2OC(=O)C3CCCCN3C(=O)C(=O)C3(O)OC(C(OC)CC(C)C/C(C)=C/C(CC)C(=O)CC(O)C2C)C(OC)CC3C)CC[C@H](O)C(OC)C1. The number of ether oxygens (including phenoxy) is 5. The van der Waals surface area contributed by atoms with Crippen molar-refractivity contribution in [3.8, 4) is 0 Å². The normalized spacial score (nSPS) is 40.8. The summed E-state index contributed by atoms with van der Waals surface area (Å²) in [7, 11) is 4.64. The van der Waals surface area contributed by atoms with Crippen molar-refractivity contribution >= 4 is 23.4 Å². The summed E-state index contributed by atoms with van der Waals surface area (Å²) in [6, 6.07) is -1.15. The number of esters is 1. The molecular weight excluding hydrogens is 771 g/mol. The first-order valence-corrected chi connectivity index (χ1v) is 22.3. The quantitative estimate of drug-likeness (QED) is 0.144. The second-order valence-corrected chi connectivity index (χ2v) is 18.5. The third-order valence-corrected chi connectivity index (χ3v) is 14.0. The Bertz CT molecular complexity index is 1560. The Kier molecular flexibility index (Phi) is 18.3. The van der Waals surface area contributed by atoms with Crippen LogP contribution in [0.15, 0.2) is 36.0 Å². The van der Waals surface area contributed by atoms with Crippen LogP contribution >= 0.6 is 0 Å². The van der Waals surface area contributed by atoms with Gasteiger partial charge in [-0.3, -0.25) is 14.4 Å². The number of fused-ring (bicyclic) bond motifs is 3. The molecule has 1 saturated carbocycles. The third-order valence-electron chi connectivity index (χ3n) is 14.0. The summed E-state index contributed by atoms with van der Waals surface area (Å²) in [5, 5.41) is 34.7. The first kappa shape index (κ1) is 49.9. The van der Waals surface area contributed by atoms with Crippen molar-refractivity contribution in [1.82, 2.24) is 4.90 Å². The van der Waals surface area contributed by atoms with Gasteiger partial charge >= 0.3 is 5.97 Å². The number of aliphatic hydroxyl groups excluding tert-OH is 2. The summed E-state index contributed by atoms with van der Waals surface area (Å²) in [6.07, 6.45) is 6.64. The number of aliphatic hydroxyl groups is 3. The molecule has 3 heterocycles. The number of cyclic esters (lactones) is 1. The fourth-order valence-corrected chi connectivity index (χ4v) is 10.3. The molecule has 14 atom stereocenters. The number of piperidine rings is 1. The van der Waals surface area contributed by atoms with Crippen LogP contribution in [0.3, 0.4) is 0 Å². The van der Waals surface area contributed by atoms with Gasteiger partial charge in [0.2, 0.25) is 5.79 Å². The molecule has 3 fully saturated rings. The van der Waals surface area contributed by atoms with Crippen LogP contribution in [0, 0.1) is 29.1 Å². The van der Waals surface area contributed by atoms with Crippen LogP contribution in [-0.2, 0) is 42.9 Å². The number of nitrogens with zero attached hydrogens (tertiary/aromatic N) is 1. The molecule has 0 radical (unpaired) electrons. The van der Waals surface area contributed by atoms with Gasteiger partial charge in [-0.2, -0.15) is 0 Å². The van der Waals surface area contributed by atoms with Crippen molar-refractivity contribution in [1.29, 1.82) is 0 Å². The molecule has 3 aliphatic heterocycles. The number of Topliss-reactive ketones (excluding diaryl/α,β-unsaturated/α-hetero) is 2. The number of amides is 1. The number of ketones is 2. The molecule has 3 N–H and O–H groups in total. The molecule has 0 aromatic carbocycles. The van der Waals surface area contributed by atoms with E-state index < -0.39 is 95.4 Å². The summed E-state index contributed by atoms with van der Waals surface area (Å²) >= 11 is 0. The lowest BCUT2D eigenvalue weighted by molar-refractivity contribution is -0.302. The van der Waals surface area contributed by atoms with E-state index in [0.717, 1.165) is 5.57 Å². The molecular formula is C47H75NO12. The van der Waals surface area contributed by atoms with Gasteiger partial charge in [0.15, 0.2) is 0 Å². The Balaban J connectivity index is 1.82. The zero-order valence-electron chi connectivity index (χ0n) is 37.7. The van der Waals surface area contributed by atoms with E-state index in [1.54, 1.807) is 21.0 Å². The number of carbonyl (C=O) groups excluding carboxylic acids is 4. The van der Waals surface area contributed by atoms with E-state index in [0.29, 0.717) is 69.8 Å². The van der Waals surface area contributed by atoms with Crippen LogP contribution in [-0.4, -0.2) is 126 Å². The van der Waals surface area contributed by atoms with E-state index in [9.17, 15) is 34.5 Å². The Morgan fingerprint density at radius 1 is 0.967 bits per heavy atom. The minimum Gasteiger partial charge on any atom is -0.456 e. The Morgan fingerprint density at radius 3 is 2.27 bits per heavy atom. The summed E-state index contributed by atoms with van der Waals surface area (Å²) in [5.74, 6) is -7.61. The summed E-state index contributed by atoms with van der Waals surface area (Å²) in [4.78, 5) is 58.3. The Hall–Kier alpha value is -2.78. The standard InChI is InChI=1S/C47H75NO12/c1-11-13-18-46(19-17-35(49)40(27-46)58-10)26-30(5)41-32(7)36(50)25-37(51)33(12-2)22-28(3)21-29(4)23-38(56-8)42-39(57-9)24-31(6)47(55,60-42)43(52)44(53)48-20-15-14-16-34(48)45(54)59-41/h11,22,26,29,31-36,38-42,49-50,55H,1,12-21,23-25,27H2,2-10H3/b28-22+,30-26?/t29?,31?,32?,33?,34?,35-,36?,38?,39?,40?,41?,42?,46?,47?/m0/s1. The lowest BCUT2D eigenvalue weighted by Crippen LogP contribution is -2.64. The monoisotopic (exact) mass is 846 g/mol. The third kappa shape index (κ3) is 11.6. The molecule has 13 nitrogen and oxygen atoms in total. The molecule has 13 unspecified atom stereocenters. The van der Waals surface area contributed by atoms with Gasteiger partial charge in [0.1, 0.15) is 24.0 Å².